The number of para-hydroxylation sites is 2. The van der Waals surface area contributed by atoms with Gasteiger partial charge in [-0.05, 0) is 117 Å². The first-order valence-corrected chi connectivity index (χ1v) is 28.8. The average Bonchev–Trinajstić information content (AvgIpc) is 3.42. The summed E-state index contributed by atoms with van der Waals surface area (Å²) in [6.45, 7) is 18.7. The Labute approximate surface area is 457 Å². The lowest BCUT2D eigenvalue weighted by atomic mass is 10.0. The molecule has 0 aliphatic carbocycles. The molecular formula is C55H69Cl2N9O8S2. The van der Waals surface area contributed by atoms with Gasteiger partial charge in [0.05, 0.1) is 28.3 Å². The lowest BCUT2D eigenvalue weighted by Gasteiger charge is -2.34. The molecule has 4 heterocycles. The number of benzene rings is 4. The van der Waals surface area contributed by atoms with Crippen LogP contribution in [0.5, 0.6) is 23.0 Å². The molecule has 2 amide bonds. The minimum Gasteiger partial charge on any atom is -0.457 e. The largest absolute Gasteiger partial charge is 0.457 e. The van der Waals surface area contributed by atoms with Gasteiger partial charge in [0.1, 0.15) is 34.6 Å². The van der Waals surface area contributed by atoms with Crippen LogP contribution in [0, 0.1) is 0 Å². The van der Waals surface area contributed by atoms with E-state index in [2.05, 4.69) is 42.5 Å². The Bertz CT molecular complexity index is 2980. The van der Waals surface area contributed by atoms with Gasteiger partial charge in [-0.15, -0.1) is 11.6 Å². The molecule has 5 N–H and O–H groups in total. The van der Waals surface area contributed by atoms with Crippen molar-refractivity contribution in [2.45, 2.75) is 28.2 Å². The van der Waals surface area contributed by atoms with Gasteiger partial charge in [-0.3, -0.25) is 9.59 Å². The molecule has 2 aromatic heterocycles. The lowest BCUT2D eigenvalue weighted by molar-refractivity contribution is 0.0992. The first-order valence-electron chi connectivity index (χ1n) is 24.3. The number of sulfonamides is 1. The smallest absolute Gasteiger partial charge is 0.250 e. The van der Waals surface area contributed by atoms with Gasteiger partial charge in [-0.1, -0.05) is 71.2 Å². The number of hydrogen-bond donors (Lipinski definition) is 3. The molecule has 21 heteroatoms. The summed E-state index contributed by atoms with van der Waals surface area (Å²) >= 11 is 5.02. The number of anilines is 2. The van der Waals surface area contributed by atoms with Crippen LogP contribution in [0.1, 0.15) is 48.9 Å². The number of ether oxygens (including phenoxy) is 2. The number of primary amides is 2. The predicted octanol–water partition coefficient (Wildman–Crippen LogP) is 9.06. The zero-order valence-corrected chi connectivity index (χ0v) is 45.5. The number of carbonyl (C=O) groups excluding carboxylic acids is 2. The van der Waals surface area contributed by atoms with Crippen molar-refractivity contribution in [3.8, 4) is 45.5 Å². The molecule has 0 saturated carbocycles. The number of piperazine rings is 2. The van der Waals surface area contributed by atoms with Crippen LogP contribution >= 0.6 is 22.3 Å². The van der Waals surface area contributed by atoms with Crippen LogP contribution in [0.15, 0.2) is 145 Å². The highest BCUT2D eigenvalue weighted by molar-refractivity contribution is 8.13. The first kappa shape index (κ1) is 62.0. The van der Waals surface area contributed by atoms with Crippen LogP contribution in [0.25, 0.3) is 22.5 Å². The van der Waals surface area contributed by atoms with Gasteiger partial charge < -0.3 is 41.0 Å². The van der Waals surface area contributed by atoms with Gasteiger partial charge in [-0.2, -0.15) is 4.31 Å². The second-order valence-electron chi connectivity index (χ2n) is 16.6. The molecule has 0 atom stereocenters. The van der Waals surface area contributed by atoms with Crippen LogP contribution in [0.3, 0.4) is 0 Å². The summed E-state index contributed by atoms with van der Waals surface area (Å²) in [5, 5.41) is 4.29. The summed E-state index contributed by atoms with van der Waals surface area (Å²) in [7, 11) is -2.06. The molecule has 2 aliphatic heterocycles. The molecule has 0 radical (unpaired) electrons. The van der Waals surface area contributed by atoms with E-state index in [1.54, 1.807) is 30.3 Å². The van der Waals surface area contributed by atoms with Crippen LogP contribution in [0.2, 0.25) is 0 Å². The molecule has 2 aliphatic rings. The van der Waals surface area contributed by atoms with E-state index in [0.29, 0.717) is 66.0 Å². The van der Waals surface area contributed by atoms with Gasteiger partial charge in [0.15, 0.2) is 0 Å². The Balaban J connectivity index is 0.000000262. The monoisotopic (exact) mass is 1120 g/mol. The molecule has 76 heavy (non-hydrogen) atoms. The van der Waals surface area contributed by atoms with Crippen LogP contribution in [-0.4, -0.2) is 131 Å². The number of pyridine rings is 2. The number of halogens is 2. The van der Waals surface area contributed by atoms with E-state index in [-0.39, 0.29) is 19.1 Å². The van der Waals surface area contributed by atoms with Crippen molar-refractivity contribution in [2.75, 3.05) is 93.4 Å². The van der Waals surface area contributed by atoms with Crippen molar-refractivity contribution in [1.29, 1.82) is 0 Å². The third-order valence-electron chi connectivity index (χ3n) is 11.7. The van der Waals surface area contributed by atoms with Crippen LogP contribution in [-0.2, 0) is 19.1 Å². The number of rotatable bonds is 17. The minimum absolute atomic E-state index is 0. The molecule has 408 valence electrons. The summed E-state index contributed by atoms with van der Waals surface area (Å²) in [6, 6.07) is 40.8. The number of nitrogens with two attached hydrogens (primary N) is 2. The number of amides is 2. The summed E-state index contributed by atoms with van der Waals surface area (Å²) in [5.74, 6) is 3.21. The molecule has 6 aromatic rings. The minimum atomic E-state index is -3.45. The number of hydrogen-bond acceptors (Lipinski definition) is 14. The maximum Gasteiger partial charge on any atom is 0.250 e. The molecule has 4 aromatic carbocycles. The van der Waals surface area contributed by atoms with Crippen molar-refractivity contribution in [1.82, 2.24) is 24.5 Å². The second kappa shape index (κ2) is 30.8. The summed E-state index contributed by atoms with van der Waals surface area (Å²) < 4.78 is 56.9. The van der Waals surface area contributed by atoms with E-state index in [9.17, 15) is 26.4 Å². The number of nitrogens with one attached hydrogen (secondary N) is 1. The van der Waals surface area contributed by atoms with Crippen molar-refractivity contribution < 1.29 is 35.9 Å². The normalized spacial score (nSPS) is 13.5. The molecule has 17 nitrogen and oxygen atoms in total. The molecule has 2 saturated heterocycles. The SMILES string of the molecule is C.C=CS(=O)(=O)N1CCN(c2ccc(C(N)=O)c(-c3ccc(Oc4ccccc4)cc3)n2)CC1.CCN(CC)CC.NC(=O)c1ccc(N2CCNCC2)nc1-c1ccc(Oc2ccccc2)cc1.O=S(=O)(Cl)CCCl. The molecule has 0 spiro atoms. The topological polar surface area (TPSA) is 224 Å². The van der Waals surface area contributed by atoms with E-state index in [1.807, 2.05) is 108 Å². The van der Waals surface area contributed by atoms with Gasteiger partial charge in [-0.25, -0.2) is 26.8 Å². The molecular weight excluding hydrogens is 1050 g/mol. The van der Waals surface area contributed by atoms with Gasteiger partial charge in [0.2, 0.25) is 19.1 Å². The maximum absolute atomic E-state index is 12.0. The quantitative estimate of drug-likeness (QED) is 0.0573. The van der Waals surface area contributed by atoms with Crippen molar-refractivity contribution in [3.05, 3.63) is 157 Å². The third kappa shape index (κ3) is 19.2. The Morgan fingerprint density at radius 3 is 1.32 bits per heavy atom. The molecule has 0 bridgehead atoms. The standard InChI is InChI=1S/C24H24N4O4S.C22H22N4O2.C6H15N.C2H4Cl2O2S.CH4/c1-2-33(30,31)28-16-14-27(15-17-28)22-13-12-21(24(25)29)23(26-22)18-8-10-20(11-9-18)32-19-6-4-3-5-7-19;23-22(27)19-10-11-20(26-14-12-24-13-15-26)25-21(19)16-6-8-18(9-7-16)28-17-4-2-1-3-5-17;1-4-7(5-2)6-3;3-1-2-7(4,5)6;/h2-13H,1,14-17H2,(H2,25,29);1-11,24H,12-15H2,(H2,23,27);4-6H2,1-3H3;1-2H2;1H4. The average molecular weight is 1120 g/mol. The van der Waals surface area contributed by atoms with Gasteiger partial charge in [0.25, 0.3) is 11.8 Å². The fourth-order valence-electron chi connectivity index (χ4n) is 7.63. The van der Waals surface area contributed by atoms with Crippen molar-refractivity contribution >= 4 is 64.8 Å². The zero-order chi connectivity index (χ0) is 54.4. The molecule has 8 rings (SSSR count). The van der Waals surface area contributed by atoms with E-state index in [4.69, 9.17) is 53.2 Å². The van der Waals surface area contributed by atoms with Crippen molar-refractivity contribution in [2.24, 2.45) is 11.5 Å². The Morgan fingerprint density at radius 2 is 1.00 bits per heavy atom. The summed E-state index contributed by atoms with van der Waals surface area (Å²) in [5.41, 5.74) is 14.5. The fraction of sp³-hybridized carbons (Fsp3) is 0.309. The Morgan fingerprint density at radius 1 is 0.618 bits per heavy atom. The molecule has 0 unspecified atom stereocenters. The lowest BCUT2D eigenvalue weighted by Crippen LogP contribution is -2.48. The predicted molar refractivity (Wildman–Crippen MR) is 308 cm³/mol. The van der Waals surface area contributed by atoms with Crippen LogP contribution < -0.4 is 36.1 Å². The summed E-state index contributed by atoms with van der Waals surface area (Å²) in [6.07, 6.45) is 0. The number of carbonyl (C=O) groups is 2. The van der Waals surface area contributed by atoms with E-state index in [0.717, 1.165) is 60.0 Å². The van der Waals surface area contributed by atoms with E-state index >= 15 is 0 Å². The van der Waals surface area contributed by atoms with Gasteiger partial charge in [0, 0.05) is 85.5 Å². The van der Waals surface area contributed by atoms with Gasteiger partial charge >= 0.3 is 0 Å². The van der Waals surface area contributed by atoms with Crippen LogP contribution in [0.4, 0.5) is 11.6 Å². The highest BCUT2D eigenvalue weighted by Gasteiger charge is 2.26. The number of nitrogens with zero attached hydrogens (tertiary/aromatic N) is 6. The number of aromatic nitrogens is 2. The number of alkyl halides is 1. The maximum atomic E-state index is 12.0. The Kier molecular flexibility index (Phi) is 25.1. The van der Waals surface area contributed by atoms with Crippen molar-refractivity contribution in [3.63, 3.8) is 0 Å². The second-order valence-corrected chi connectivity index (χ2v) is 21.8. The third-order valence-corrected chi connectivity index (χ3v) is 14.8. The summed E-state index contributed by atoms with van der Waals surface area (Å²) in [4.78, 5) is 40.0. The zero-order valence-electron chi connectivity index (χ0n) is 42.4. The van der Waals surface area contributed by atoms with E-state index < -0.39 is 30.9 Å². The highest BCUT2D eigenvalue weighted by Crippen LogP contribution is 2.31. The molecule has 2 fully saturated rings. The first-order chi connectivity index (χ1) is 36.0. The Hall–Kier alpha value is -6.58. The highest BCUT2D eigenvalue weighted by atomic mass is 35.7. The van der Waals surface area contributed by atoms with E-state index in [1.165, 1.54) is 23.9 Å². The fourth-order valence-corrected chi connectivity index (χ4v) is 9.78.